The zero-order valence-electron chi connectivity index (χ0n) is 5.44. The molecule has 0 saturated carbocycles. The minimum atomic E-state index is 0.467. The molecule has 0 rings (SSSR count). The first-order chi connectivity index (χ1) is 3.81. The Morgan fingerprint density at radius 1 is 1.75 bits per heavy atom. The predicted molar refractivity (Wildman–Crippen MR) is 33.4 cm³/mol. The Labute approximate surface area is 50.5 Å². The van der Waals surface area contributed by atoms with Crippen LogP contribution in [0.5, 0.6) is 0 Å². The van der Waals surface area contributed by atoms with E-state index in [1.54, 1.807) is 0 Å². The zero-order valence-corrected chi connectivity index (χ0v) is 5.44. The zero-order chi connectivity index (χ0) is 6.41. The summed E-state index contributed by atoms with van der Waals surface area (Å²) in [5.41, 5.74) is 0. The van der Waals surface area contributed by atoms with E-state index in [4.69, 9.17) is 5.26 Å². The number of hydrogen-bond acceptors (Lipinski definition) is 2. The molecule has 0 bridgehead atoms. The number of nitrogens with zero attached hydrogens (tertiary/aromatic N) is 1. The summed E-state index contributed by atoms with van der Waals surface area (Å²) >= 11 is 0. The maximum Gasteiger partial charge on any atom is 0.0842 e. The summed E-state index contributed by atoms with van der Waals surface area (Å²) in [6, 6.07) is 2.50. The maximum absolute atomic E-state index is 8.10. The highest BCUT2D eigenvalue weighted by Crippen LogP contribution is 1.84. The van der Waals surface area contributed by atoms with Crippen LogP contribution < -0.4 is 5.32 Å². The van der Waals surface area contributed by atoms with Crippen LogP contribution >= 0.6 is 0 Å². The molecule has 0 fully saturated rings. The molecule has 0 aliphatic rings. The lowest BCUT2D eigenvalue weighted by atomic mass is 10.3. The van der Waals surface area contributed by atoms with Gasteiger partial charge in [-0.3, -0.25) is 0 Å². The molecule has 0 amide bonds. The average Bonchev–Trinajstić information content (AvgIpc) is 1.83. The van der Waals surface area contributed by atoms with Crippen molar-refractivity contribution in [2.75, 3.05) is 6.54 Å². The minimum absolute atomic E-state index is 0.467. The van der Waals surface area contributed by atoms with E-state index in [9.17, 15) is 0 Å². The fourth-order valence-corrected chi connectivity index (χ4v) is 0.364. The highest BCUT2D eigenvalue weighted by atomic mass is 14.9. The Balaban J connectivity index is 3.01. The quantitative estimate of drug-likeness (QED) is 0.550. The second-order valence-electron chi connectivity index (χ2n) is 1.85. The lowest BCUT2D eigenvalue weighted by Crippen LogP contribution is -2.24. The van der Waals surface area contributed by atoms with Gasteiger partial charge in [-0.25, -0.2) is 0 Å². The topological polar surface area (TPSA) is 35.8 Å². The first kappa shape index (κ1) is 7.45. The number of rotatable bonds is 3. The molecule has 0 spiro atoms. The van der Waals surface area contributed by atoms with Crippen LogP contribution in [0.4, 0.5) is 0 Å². The molecule has 1 unspecified atom stereocenters. The van der Waals surface area contributed by atoms with E-state index in [0.29, 0.717) is 12.6 Å². The highest BCUT2D eigenvalue weighted by Gasteiger charge is 1.92. The van der Waals surface area contributed by atoms with Crippen LogP contribution in [0, 0.1) is 11.3 Å². The summed E-state index contributed by atoms with van der Waals surface area (Å²) in [5.74, 6) is 0. The Kier molecular flexibility index (Phi) is 4.29. The SMILES string of the molecule is CCC(C)NCC#N. The molecule has 8 heavy (non-hydrogen) atoms. The maximum atomic E-state index is 8.10. The first-order valence-electron chi connectivity index (χ1n) is 2.91. The Morgan fingerprint density at radius 2 is 2.38 bits per heavy atom. The predicted octanol–water partition coefficient (Wildman–Crippen LogP) is 0.898. The molecule has 1 N–H and O–H groups in total. The average molecular weight is 112 g/mol. The van der Waals surface area contributed by atoms with Gasteiger partial charge in [-0.15, -0.1) is 0 Å². The van der Waals surface area contributed by atoms with E-state index < -0.39 is 0 Å². The molecule has 1 atom stereocenters. The summed E-state index contributed by atoms with van der Waals surface area (Å²) < 4.78 is 0. The Bertz CT molecular complexity index is 83.0. The van der Waals surface area contributed by atoms with Crippen molar-refractivity contribution in [1.82, 2.24) is 5.32 Å². The molecular weight excluding hydrogens is 100 g/mol. The second-order valence-corrected chi connectivity index (χ2v) is 1.85. The van der Waals surface area contributed by atoms with Crippen molar-refractivity contribution in [1.29, 1.82) is 5.26 Å². The third kappa shape index (κ3) is 3.63. The van der Waals surface area contributed by atoms with Crippen LogP contribution in [0.15, 0.2) is 0 Å². The summed E-state index contributed by atoms with van der Waals surface area (Å²) in [7, 11) is 0. The molecule has 0 aliphatic carbocycles. The standard InChI is InChI=1S/C6H12N2/c1-3-6(2)8-5-4-7/h6,8H,3,5H2,1-2H3. The summed E-state index contributed by atoms with van der Waals surface area (Å²) in [6.07, 6.45) is 1.08. The van der Waals surface area contributed by atoms with Crippen LogP contribution in [-0.4, -0.2) is 12.6 Å². The molecule has 0 radical (unpaired) electrons. The molecule has 0 heterocycles. The van der Waals surface area contributed by atoms with Crippen molar-refractivity contribution in [3.8, 4) is 6.07 Å². The van der Waals surface area contributed by atoms with Crippen molar-refractivity contribution in [3.63, 3.8) is 0 Å². The van der Waals surface area contributed by atoms with E-state index >= 15 is 0 Å². The van der Waals surface area contributed by atoms with E-state index in [2.05, 4.69) is 19.2 Å². The first-order valence-corrected chi connectivity index (χ1v) is 2.91. The van der Waals surface area contributed by atoms with Gasteiger partial charge >= 0.3 is 0 Å². The molecule has 2 heteroatoms. The van der Waals surface area contributed by atoms with Gasteiger partial charge in [0.05, 0.1) is 12.6 Å². The molecule has 0 saturated heterocycles. The monoisotopic (exact) mass is 112 g/mol. The normalized spacial score (nSPS) is 12.6. The second kappa shape index (κ2) is 4.61. The number of hydrogen-bond donors (Lipinski definition) is 1. The van der Waals surface area contributed by atoms with Gasteiger partial charge in [0.15, 0.2) is 0 Å². The summed E-state index contributed by atoms with van der Waals surface area (Å²) in [4.78, 5) is 0. The third-order valence-corrected chi connectivity index (χ3v) is 1.14. The Morgan fingerprint density at radius 3 is 2.75 bits per heavy atom. The number of nitrogens with one attached hydrogen (secondary N) is 1. The van der Waals surface area contributed by atoms with Gasteiger partial charge < -0.3 is 5.32 Å². The molecular formula is C6H12N2. The largest absolute Gasteiger partial charge is 0.302 e. The van der Waals surface area contributed by atoms with Crippen LogP contribution in [0.25, 0.3) is 0 Å². The Hall–Kier alpha value is -0.550. The van der Waals surface area contributed by atoms with Crippen LogP contribution in [0.3, 0.4) is 0 Å². The highest BCUT2D eigenvalue weighted by molar-refractivity contribution is 4.74. The van der Waals surface area contributed by atoms with Gasteiger partial charge in [-0.05, 0) is 13.3 Å². The van der Waals surface area contributed by atoms with E-state index in [1.165, 1.54) is 0 Å². The van der Waals surface area contributed by atoms with Crippen LogP contribution in [-0.2, 0) is 0 Å². The molecule has 0 aromatic carbocycles. The molecule has 46 valence electrons. The van der Waals surface area contributed by atoms with Gasteiger partial charge in [-0.2, -0.15) is 5.26 Å². The molecule has 0 aromatic heterocycles. The third-order valence-electron chi connectivity index (χ3n) is 1.14. The van der Waals surface area contributed by atoms with Gasteiger partial charge in [-0.1, -0.05) is 6.92 Å². The van der Waals surface area contributed by atoms with Gasteiger partial charge in [0, 0.05) is 6.04 Å². The molecule has 2 nitrogen and oxygen atoms in total. The van der Waals surface area contributed by atoms with Crippen LogP contribution in [0.2, 0.25) is 0 Å². The van der Waals surface area contributed by atoms with Gasteiger partial charge in [0.25, 0.3) is 0 Å². The van der Waals surface area contributed by atoms with E-state index in [1.807, 2.05) is 6.07 Å². The lowest BCUT2D eigenvalue weighted by molar-refractivity contribution is 0.570. The fraction of sp³-hybridized carbons (Fsp3) is 0.833. The van der Waals surface area contributed by atoms with Crippen molar-refractivity contribution in [3.05, 3.63) is 0 Å². The summed E-state index contributed by atoms with van der Waals surface area (Å²) in [5, 5.41) is 11.1. The van der Waals surface area contributed by atoms with Crippen molar-refractivity contribution in [2.45, 2.75) is 26.3 Å². The van der Waals surface area contributed by atoms with Gasteiger partial charge in [0.2, 0.25) is 0 Å². The van der Waals surface area contributed by atoms with E-state index in [0.717, 1.165) is 6.42 Å². The van der Waals surface area contributed by atoms with Crippen LogP contribution in [0.1, 0.15) is 20.3 Å². The fourth-order valence-electron chi connectivity index (χ4n) is 0.364. The molecule has 0 aromatic rings. The smallest absolute Gasteiger partial charge is 0.0842 e. The lowest BCUT2D eigenvalue weighted by Gasteiger charge is -2.05. The van der Waals surface area contributed by atoms with Crippen molar-refractivity contribution >= 4 is 0 Å². The van der Waals surface area contributed by atoms with E-state index in [-0.39, 0.29) is 0 Å². The van der Waals surface area contributed by atoms with Gasteiger partial charge in [0.1, 0.15) is 0 Å². The minimum Gasteiger partial charge on any atom is -0.302 e. The van der Waals surface area contributed by atoms with Crippen molar-refractivity contribution in [2.24, 2.45) is 0 Å². The van der Waals surface area contributed by atoms with Crippen molar-refractivity contribution < 1.29 is 0 Å². The number of nitriles is 1. The summed E-state index contributed by atoms with van der Waals surface area (Å²) in [6.45, 7) is 4.63. The molecule has 0 aliphatic heterocycles.